The number of nitrogens with zero attached hydrogens (tertiary/aromatic N) is 5. The molecule has 0 unspecified atom stereocenters. The van der Waals surface area contributed by atoms with Crippen LogP contribution in [-0.2, 0) is 17.8 Å². The van der Waals surface area contributed by atoms with E-state index >= 15 is 0 Å². The lowest BCUT2D eigenvalue weighted by Gasteiger charge is -2.04. The molecule has 0 aromatic carbocycles. The summed E-state index contributed by atoms with van der Waals surface area (Å²) >= 11 is 1.27. The third-order valence-corrected chi connectivity index (χ3v) is 3.60. The number of hydrogen-bond acceptors (Lipinski definition) is 7. The van der Waals surface area contributed by atoms with Crippen molar-refractivity contribution in [1.82, 2.24) is 30.5 Å². The van der Waals surface area contributed by atoms with E-state index < -0.39 is 5.97 Å². The molecule has 0 radical (unpaired) electrons. The highest BCUT2D eigenvalue weighted by Gasteiger charge is 2.09. The molecule has 21 heavy (non-hydrogen) atoms. The van der Waals surface area contributed by atoms with Crippen molar-refractivity contribution in [2.45, 2.75) is 26.3 Å². The lowest BCUT2D eigenvalue weighted by molar-refractivity contribution is -0.121. The highest BCUT2D eigenvalue weighted by atomic mass is 32.1. The molecule has 9 nitrogen and oxygen atoms in total. The molecular formula is C11H14N6O3S. The number of carboxylic acid groups (broad SMARTS) is 1. The first-order valence-corrected chi connectivity index (χ1v) is 7.11. The number of hydrogen-bond donors (Lipinski definition) is 2. The summed E-state index contributed by atoms with van der Waals surface area (Å²) in [5.41, 5.74) is 0.0375. The van der Waals surface area contributed by atoms with Gasteiger partial charge in [-0.2, -0.15) is 0 Å². The Balaban J connectivity index is 1.69. The Morgan fingerprint density at radius 1 is 1.48 bits per heavy atom. The summed E-state index contributed by atoms with van der Waals surface area (Å²) < 4.78 is 1.56. The van der Waals surface area contributed by atoms with Crippen LogP contribution in [0, 0.1) is 6.92 Å². The maximum absolute atomic E-state index is 11.6. The van der Waals surface area contributed by atoms with E-state index in [1.165, 1.54) is 16.7 Å². The van der Waals surface area contributed by atoms with Gasteiger partial charge in [0.2, 0.25) is 5.91 Å². The minimum absolute atomic E-state index is 0.0375. The number of rotatable bonds is 7. The van der Waals surface area contributed by atoms with Crippen LogP contribution in [-0.4, -0.2) is 48.7 Å². The van der Waals surface area contributed by atoms with Crippen molar-refractivity contribution in [1.29, 1.82) is 0 Å². The largest absolute Gasteiger partial charge is 0.476 e. The molecule has 0 atom stereocenters. The third kappa shape index (κ3) is 4.31. The van der Waals surface area contributed by atoms with Crippen LogP contribution in [0.2, 0.25) is 0 Å². The van der Waals surface area contributed by atoms with Crippen LogP contribution in [0.5, 0.6) is 0 Å². The lowest BCUT2D eigenvalue weighted by Crippen LogP contribution is -2.26. The van der Waals surface area contributed by atoms with Crippen molar-refractivity contribution in [3.63, 3.8) is 0 Å². The van der Waals surface area contributed by atoms with Gasteiger partial charge in [0.1, 0.15) is 5.82 Å². The number of aromatic carboxylic acids is 1. The number of aryl methyl sites for hydroxylation is 2. The average molecular weight is 310 g/mol. The van der Waals surface area contributed by atoms with Crippen molar-refractivity contribution in [3.05, 3.63) is 21.9 Å². The number of carbonyl (C=O) groups is 2. The molecular weight excluding hydrogens is 296 g/mol. The summed E-state index contributed by atoms with van der Waals surface area (Å²) in [4.78, 5) is 26.3. The smallest absolute Gasteiger partial charge is 0.355 e. The minimum atomic E-state index is -1.04. The summed E-state index contributed by atoms with van der Waals surface area (Å²) in [5.74, 6) is -0.495. The maximum Gasteiger partial charge on any atom is 0.355 e. The Kier molecular flexibility index (Phi) is 4.93. The highest BCUT2D eigenvalue weighted by Crippen LogP contribution is 2.09. The predicted octanol–water partition coefficient (Wildman–Crippen LogP) is -0.115. The second kappa shape index (κ2) is 6.88. The van der Waals surface area contributed by atoms with Crippen LogP contribution in [0.15, 0.2) is 5.38 Å². The Hall–Kier alpha value is -2.36. The van der Waals surface area contributed by atoms with Gasteiger partial charge in [-0.3, -0.25) is 4.79 Å². The van der Waals surface area contributed by atoms with Gasteiger partial charge < -0.3 is 10.4 Å². The molecule has 112 valence electrons. The number of tetrazole rings is 1. The first-order valence-electron chi connectivity index (χ1n) is 6.23. The summed E-state index contributed by atoms with van der Waals surface area (Å²) in [7, 11) is 0. The van der Waals surface area contributed by atoms with Gasteiger partial charge in [-0.05, 0) is 17.4 Å². The van der Waals surface area contributed by atoms with E-state index in [1.54, 1.807) is 11.6 Å². The quantitative estimate of drug-likeness (QED) is 0.731. The van der Waals surface area contributed by atoms with E-state index in [0.29, 0.717) is 30.3 Å². The normalized spacial score (nSPS) is 10.5. The number of carbonyl (C=O) groups excluding carboxylic acids is 1. The minimum Gasteiger partial charge on any atom is -0.476 e. The van der Waals surface area contributed by atoms with Gasteiger partial charge in [0.15, 0.2) is 5.69 Å². The van der Waals surface area contributed by atoms with E-state index in [4.69, 9.17) is 5.11 Å². The molecule has 1 amide bonds. The molecule has 0 spiro atoms. The average Bonchev–Trinajstić information content (AvgIpc) is 3.06. The standard InChI is InChI=1S/C11H14N6O3S/c1-7-14-15-16-17(7)5-3-9(18)12-4-2-10-13-8(6-21-10)11(19)20/h6H,2-5H2,1H3,(H,12,18)(H,19,20). The number of thiazole rings is 1. The first kappa shape index (κ1) is 15.0. The van der Waals surface area contributed by atoms with E-state index in [1.807, 2.05) is 0 Å². The molecule has 0 saturated carbocycles. The second-order valence-electron chi connectivity index (χ2n) is 4.23. The van der Waals surface area contributed by atoms with Gasteiger partial charge in [-0.25, -0.2) is 14.5 Å². The van der Waals surface area contributed by atoms with Crippen LogP contribution < -0.4 is 5.32 Å². The lowest BCUT2D eigenvalue weighted by atomic mass is 10.3. The molecule has 10 heteroatoms. The summed E-state index contributed by atoms with van der Waals surface area (Å²) in [5, 5.41) is 24.6. The molecule has 2 rings (SSSR count). The van der Waals surface area contributed by atoms with Crippen LogP contribution in [0.1, 0.15) is 27.7 Å². The molecule has 0 bridgehead atoms. The van der Waals surface area contributed by atoms with Crippen LogP contribution in [0.25, 0.3) is 0 Å². The topological polar surface area (TPSA) is 123 Å². The van der Waals surface area contributed by atoms with Crippen LogP contribution in [0.4, 0.5) is 0 Å². The highest BCUT2D eigenvalue weighted by molar-refractivity contribution is 7.09. The molecule has 0 saturated heterocycles. The van der Waals surface area contributed by atoms with Gasteiger partial charge in [-0.1, -0.05) is 0 Å². The fraction of sp³-hybridized carbons (Fsp3) is 0.455. The molecule has 2 aromatic rings. The Bertz CT molecular complexity index is 637. The Labute approximate surface area is 124 Å². The second-order valence-corrected chi connectivity index (χ2v) is 5.17. The zero-order valence-electron chi connectivity index (χ0n) is 11.3. The number of aromatic nitrogens is 5. The van der Waals surface area contributed by atoms with Gasteiger partial charge in [0, 0.05) is 24.8 Å². The fourth-order valence-corrected chi connectivity index (χ4v) is 2.36. The Morgan fingerprint density at radius 3 is 2.90 bits per heavy atom. The van der Waals surface area contributed by atoms with Crippen molar-refractivity contribution in [2.24, 2.45) is 0 Å². The van der Waals surface area contributed by atoms with E-state index in [2.05, 4.69) is 25.8 Å². The molecule has 2 aromatic heterocycles. The monoisotopic (exact) mass is 310 g/mol. The molecule has 0 aliphatic rings. The van der Waals surface area contributed by atoms with Gasteiger partial charge in [-0.15, -0.1) is 16.4 Å². The maximum atomic E-state index is 11.6. The molecule has 0 aliphatic heterocycles. The van der Waals surface area contributed by atoms with Crippen molar-refractivity contribution in [2.75, 3.05) is 6.54 Å². The molecule has 0 fully saturated rings. The predicted molar refractivity (Wildman–Crippen MR) is 73.0 cm³/mol. The number of carboxylic acids is 1. The summed E-state index contributed by atoms with van der Waals surface area (Å²) in [6.07, 6.45) is 0.789. The zero-order valence-corrected chi connectivity index (χ0v) is 12.1. The van der Waals surface area contributed by atoms with E-state index in [-0.39, 0.29) is 18.0 Å². The Morgan fingerprint density at radius 2 is 2.29 bits per heavy atom. The SMILES string of the molecule is Cc1nnnn1CCC(=O)NCCc1nc(C(=O)O)cs1. The van der Waals surface area contributed by atoms with E-state index in [9.17, 15) is 9.59 Å². The third-order valence-electron chi connectivity index (χ3n) is 2.69. The fourth-order valence-electron chi connectivity index (χ4n) is 1.58. The van der Waals surface area contributed by atoms with Crippen molar-refractivity contribution >= 4 is 23.2 Å². The van der Waals surface area contributed by atoms with Crippen molar-refractivity contribution < 1.29 is 14.7 Å². The number of nitrogens with one attached hydrogen (secondary N) is 1. The summed E-state index contributed by atoms with van der Waals surface area (Å²) in [6, 6.07) is 0. The van der Waals surface area contributed by atoms with Crippen LogP contribution in [0.3, 0.4) is 0 Å². The number of amides is 1. The first-order chi connectivity index (χ1) is 10.1. The van der Waals surface area contributed by atoms with Gasteiger partial charge in [0.05, 0.1) is 11.6 Å². The van der Waals surface area contributed by atoms with Crippen molar-refractivity contribution in [3.8, 4) is 0 Å². The molecule has 2 heterocycles. The van der Waals surface area contributed by atoms with Gasteiger partial charge >= 0.3 is 5.97 Å². The molecule has 2 N–H and O–H groups in total. The molecule has 0 aliphatic carbocycles. The zero-order chi connectivity index (χ0) is 15.2. The van der Waals surface area contributed by atoms with Crippen LogP contribution >= 0.6 is 11.3 Å². The van der Waals surface area contributed by atoms with Gasteiger partial charge in [0.25, 0.3) is 0 Å². The van der Waals surface area contributed by atoms with E-state index in [0.717, 1.165) is 0 Å². The summed E-state index contributed by atoms with van der Waals surface area (Å²) in [6.45, 7) is 2.60.